The normalized spacial score (nSPS) is 10.2. The van der Waals surface area contributed by atoms with Crippen LogP contribution in [0, 0.1) is 0 Å². The number of carbonyl (C=O) groups is 2. The fraction of sp³-hybridized carbons (Fsp3) is 0.231. The van der Waals surface area contributed by atoms with Crippen LogP contribution in [0.25, 0.3) is 0 Å². The van der Waals surface area contributed by atoms with E-state index in [9.17, 15) is 9.59 Å². The Bertz CT molecular complexity index is 560. The van der Waals surface area contributed by atoms with Crippen LogP contribution in [0.3, 0.4) is 0 Å². The predicted molar refractivity (Wildman–Crippen MR) is 72.4 cm³/mol. The second-order valence-corrected chi connectivity index (χ2v) is 4.95. The van der Waals surface area contributed by atoms with Crippen LogP contribution >= 0.6 is 11.3 Å². The van der Waals surface area contributed by atoms with Gasteiger partial charge in [-0.25, -0.2) is 4.79 Å². The Morgan fingerprint density at radius 1 is 1.26 bits per heavy atom. The molecule has 0 saturated heterocycles. The van der Waals surface area contributed by atoms with E-state index in [4.69, 9.17) is 4.42 Å². The number of amides is 2. The largest absolute Gasteiger partial charge is 0.461 e. The van der Waals surface area contributed by atoms with Crippen molar-refractivity contribution in [2.75, 3.05) is 6.54 Å². The van der Waals surface area contributed by atoms with E-state index in [2.05, 4.69) is 10.6 Å². The summed E-state index contributed by atoms with van der Waals surface area (Å²) >= 11 is 1.35. The summed E-state index contributed by atoms with van der Waals surface area (Å²) in [6.07, 6.45) is 1.47. The van der Waals surface area contributed by atoms with Gasteiger partial charge in [-0.1, -0.05) is 0 Å². The third-order valence-corrected chi connectivity index (χ3v) is 3.47. The second-order valence-electron chi connectivity index (χ2n) is 3.79. The van der Waals surface area contributed by atoms with Gasteiger partial charge in [0.1, 0.15) is 0 Å². The molecule has 2 N–H and O–H groups in total. The standard InChI is InChI=1S/C13H14N2O3S/c1-2-14-13(17)15-8-9-5-6-11(19-9)12(16)10-4-3-7-18-10/h3-7H,2,8H2,1H3,(H2,14,15,17). The zero-order valence-electron chi connectivity index (χ0n) is 10.4. The second kappa shape index (κ2) is 6.19. The Balaban J connectivity index is 1.96. The molecule has 0 radical (unpaired) electrons. The molecule has 0 saturated carbocycles. The number of carbonyl (C=O) groups excluding carboxylic acids is 2. The van der Waals surface area contributed by atoms with Crippen LogP contribution in [0.1, 0.15) is 27.2 Å². The molecule has 6 heteroatoms. The van der Waals surface area contributed by atoms with Gasteiger partial charge in [-0.05, 0) is 31.2 Å². The van der Waals surface area contributed by atoms with Crippen molar-refractivity contribution in [1.29, 1.82) is 0 Å². The summed E-state index contributed by atoms with van der Waals surface area (Å²) < 4.78 is 5.07. The SMILES string of the molecule is CCNC(=O)NCc1ccc(C(=O)c2ccco2)s1. The summed E-state index contributed by atoms with van der Waals surface area (Å²) in [5.41, 5.74) is 0. The molecule has 19 heavy (non-hydrogen) atoms. The highest BCUT2D eigenvalue weighted by atomic mass is 32.1. The quantitative estimate of drug-likeness (QED) is 0.825. The van der Waals surface area contributed by atoms with Gasteiger partial charge in [0.2, 0.25) is 5.78 Å². The third kappa shape index (κ3) is 3.45. The van der Waals surface area contributed by atoms with E-state index in [1.165, 1.54) is 17.6 Å². The van der Waals surface area contributed by atoms with Gasteiger partial charge in [-0.2, -0.15) is 0 Å². The van der Waals surface area contributed by atoms with Crippen LogP contribution in [0.15, 0.2) is 34.9 Å². The minimum absolute atomic E-state index is 0.140. The van der Waals surface area contributed by atoms with E-state index in [0.717, 1.165) is 4.88 Å². The molecule has 0 fully saturated rings. The number of urea groups is 1. The molecule has 0 unspecified atom stereocenters. The Morgan fingerprint density at radius 3 is 2.79 bits per heavy atom. The lowest BCUT2D eigenvalue weighted by molar-refractivity contribution is 0.101. The average molecular weight is 278 g/mol. The van der Waals surface area contributed by atoms with E-state index >= 15 is 0 Å². The predicted octanol–water partition coefficient (Wildman–Crippen LogP) is 2.39. The number of furan rings is 1. The lowest BCUT2D eigenvalue weighted by Crippen LogP contribution is -2.34. The van der Waals surface area contributed by atoms with Crippen molar-refractivity contribution >= 4 is 23.2 Å². The highest BCUT2D eigenvalue weighted by Gasteiger charge is 2.14. The third-order valence-electron chi connectivity index (χ3n) is 2.39. The average Bonchev–Trinajstić information content (AvgIpc) is 3.07. The van der Waals surface area contributed by atoms with E-state index in [0.29, 0.717) is 23.7 Å². The minimum atomic E-state index is -0.213. The number of rotatable bonds is 5. The Morgan fingerprint density at radius 2 is 2.11 bits per heavy atom. The monoisotopic (exact) mass is 278 g/mol. The molecule has 0 bridgehead atoms. The first-order chi connectivity index (χ1) is 9.20. The highest BCUT2D eigenvalue weighted by Crippen LogP contribution is 2.20. The van der Waals surface area contributed by atoms with Crippen molar-refractivity contribution < 1.29 is 14.0 Å². The molecule has 5 nitrogen and oxygen atoms in total. The van der Waals surface area contributed by atoms with Crippen molar-refractivity contribution in [2.45, 2.75) is 13.5 Å². The van der Waals surface area contributed by atoms with Gasteiger partial charge in [0.25, 0.3) is 0 Å². The van der Waals surface area contributed by atoms with Gasteiger partial charge in [-0.15, -0.1) is 11.3 Å². The molecular weight excluding hydrogens is 264 g/mol. The summed E-state index contributed by atoms with van der Waals surface area (Å²) in [6, 6.07) is 6.67. The van der Waals surface area contributed by atoms with Crippen LogP contribution in [0.5, 0.6) is 0 Å². The minimum Gasteiger partial charge on any atom is -0.461 e. The molecule has 0 atom stereocenters. The van der Waals surface area contributed by atoms with E-state index in [1.54, 1.807) is 18.2 Å². The summed E-state index contributed by atoms with van der Waals surface area (Å²) in [6.45, 7) is 2.84. The lowest BCUT2D eigenvalue weighted by Gasteiger charge is -2.03. The molecule has 0 aliphatic heterocycles. The highest BCUT2D eigenvalue weighted by molar-refractivity contribution is 7.14. The Labute approximate surface area is 114 Å². The van der Waals surface area contributed by atoms with Crippen LogP contribution in [0.4, 0.5) is 4.79 Å². The van der Waals surface area contributed by atoms with E-state index < -0.39 is 0 Å². The number of thiophene rings is 1. The zero-order chi connectivity index (χ0) is 13.7. The van der Waals surface area contributed by atoms with E-state index in [-0.39, 0.29) is 11.8 Å². The van der Waals surface area contributed by atoms with Crippen LogP contribution < -0.4 is 10.6 Å². The molecule has 0 aromatic carbocycles. The molecule has 2 aromatic heterocycles. The molecule has 0 spiro atoms. The summed E-state index contributed by atoms with van der Waals surface area (Å²) in [5, 5.41) is 5.35. The number of ketones is 1. The van der Waals surface area contributed by atoms with Crippen molar-refractivity contribution in [2.24, 2.45) is 0 Å². The first-order valence-electron chi connectivity index (χ1n) is 5.89. The molecule has 2 rings (SSSR count). The van der Waals surface area contributed by atoms with Gasteiger partial charge < -0.3 is 15.1 Å². The summed E-state index contributed by atoms with van der Waals surface area (Å²) in [5.74, 6) is 0.185. The topological polar surface area (TPSA) is 71.3 Å². The van der Waals surface area contributed by atoms with E-state index in [1.807, 2.05) is 13.0 Å². The van der Waals surface area contributed by atoms with Gasteiger partial charge in [0, 0.05) is 11.4 Å². The fourth-order valence-electron chi connectivity index (χ4n) is 1.51. The van der Waals surface area contributed by atoms with Crippen LogP contribution in [0.2, 0.25) is 0 Å². The Kier molecular flexibility index (Phi) is 4.35. The maximum Gasteiger partial charge on any atom is 0.315 e. The van der Waals surface area contributed by atoms with Gasteiger partial charge in [0.15, 0.2) is 5.76 Å². The van der Waals surface area contributed by atoms with Crippen molar-refractivity contribution in [3.8, 4) is 0 Å². The maximum absolute atomic E-state index is 12.0. The first-order valence-corrected chi connectivity index (χ1v) is 6.71. The van der Waals surface area contributed by atoms with Gasteiger partial charge in [0.05, 0.1) is 17.7 Å². The van der Waals surface area contributed by atoms with Crippen LogP contribution in [-0.2, 0) is 6.54 Å². The maximum atomic E-state index is 12.0. The van der Waals surface area contributed by atoms with Gasteiger partial charge in [-0.3, -0.25) is 4.79 Å². The zero-order valence-corrected chi connectivity index (χ0v) is 11.3. The molecule has 0 aliphatic rings. The van der Waals surface area contributed by atoms with Crippen molar-refractivity contribution in [3.63, 3.8) is 0 Å². The molecular formula is C13H14N2O3S. The molecule has 2 amide bonds. The Hall–Kier alpha value is -2.08. The first kappa shape index (κ1) is 13.4. The smallest absolute Gasteiger partial charge is 0.315 e. The van der Waals surface area contributed by atoms with Crippen LogP contribution in [-0.4, -0.2) is 18.4 Å². The summed E-state index contributed by atoms with van der Waals surface area (Å²) in [4.78, 5) is 24.7. The molecule has 100 valence electrons. The summed E-state index contributed by atoms with van der Waals surface area (Å²) in [7, 11) is 0. The number of hydrogen-bond donors (Lipinski definition) is 2. The number of hydrogen-bond acceptors (Lipinski definition) is 4. The van der Waals surface area contributed by atoms with Crippen molar-refractivity contribution in [3.05, 3.63) is 46.0 Å². The van der Waals surface area contributed by atoms with Gasteiger partial charge >= 0.3 is 6.03 Å². The molecule has 2 heterocycles. The fourth-order valence-corrected chi connectivity index (χ4v) is 2.41. The van der Waals surface area contributed by atoms with Crippen molar-refractivity contribution in [1.82, 2.24) is 10.6 Å². The molecule has 2 aromatic rings. The molecule has 0 aliphatic carbocycles. The lowest BCUT2D eigenvalue weighted by atomic mass is 10.2. The number of nitrogens with one attached hydrogen (secondary N) is 2.